The van der Waals surface area contributed by atoms with E-state index in [1.807, 2.05) is 6.07 Å². The van der Waals surface area contributed by atoms with Gasteiger partial charge >= 0.3 is 0 Å². The van der Waals surface area contributed by atoms with Crippen LogP contribution in [0.1, 0.15) is 18.5 Å². The lowest BCUT2D eigenvalue weighted by atomic mass is 9.94. The van der Waals surface area contributed by atoms with Crippen molar-refractivity contribution in [3.05, 3.63) is 30.1 Å². The molecule has 0 spiro atoms. The molecule has 1 aromatic heterocycles. The highest BCUT2D eigenvalue weighted by Gasteiger charge is 2.34. The molecule has 1 heterocycles. The summed E-state index contributed by atoms with van der Waals surface area (Å²) < 4.78 is 0. The van der Waals surface area contributed by atoms with E-state index in [-0.39, 0.29) is 0 Å². The van der Waals surface area contributed by atoms with Crippen LogP contribution in [0.4, 0.5) is 0 Å². The van der Waals surface area contributed by atoms with E-state index in [2.05, 4.69) is 27.7 Å². The standard InChI is InChI=1S/C12H17N3/c1-2-10-5-9(1)6-11(10)7-13-8-12-3-4-14-15-12/h1-4,9-11,13H,5-8H2,(H,14,15). The first-order chi connectivity index (χ1) is 7.42. The number of aromatic amines is 1. The van der Waals surface area contributed by atoms with E-state index in [1.165, 1.54) is 18.5 Å². The lowest BCUT2D eigenvalue weighted by Gasteiger charge is -2.18. The Morgan fingerprint density at radius 2 is 2.40 bits per heavy atom. The average Bonchev–Trinajstić information content (AvgIpc) is 2.93. The van der Waals surface area contributed by atoms with Gasteiger partial charge in [0.15, 0.2) is 0 Å². The first-order valence-corrected chi connectivity index (χ1v) is 5.79. The Bertz CT molecular complexity index is 342. The largest absolute Gasteiger partial charge is 0.311 e. The molecule has 1 saturated carbocycles. The molecule has 3 heteroatoms. The lowest BCUT2D eigenvalue weighted by molar-refractivity contribution is 0.413. The molecule has 0 radical (unpaired) electrons. The number of nitrogens with one attached hydrogen (secondary N) is 2. The number of H-pyrrole nitrogens is 1. The molecule has 0 aliphatic heterocycles. The maximum absolute atomic E-state index is 3.93. The fourth-order valence-corrected chi connectivity index (χ4v) is 2.90. The summed E-state index contributed by atoms with van der Waals surface area (Å²) in [5.74, 6) is 2.60. The molecule has 0 aromatic carbocycles. The normalized spacial score (nSPS) is 32.7. The van der Waals surface area contributed by atoms with Crippen LogP contribution in [0, 0.1) is 17.8 Å². The first kappa shape index (κ1) is 9.16. The molecule has 2 aliphatic carbocycles. The Morgan fingerprint density at radius 1 is 1.40 bits per heavy atom. The lowest BCUT2D eigenvalue weighted by Crippen LogP contribution is -2.25. The minimum Gasteiger partial charge on any atom is -0.311 e. The number of hydrogen-bond donors (Lipinski definition) is 2. The second-order valence-corrected chi connectivity index (χ2v) is 4.75. The van der Waals surface area contributed by atoms with Crippen molar-refractivity contribution in [2.24, 2.45) is 17.8 Å². The summed E-state index contributed by atoms with van der Waals surface area (Å²) in [5, 5.41) is 10.4. The zero-order chi connectivity index (χ0) is 10.1. The Hall–Kier alpha value is -1.09. The summed E-state index contributed by atoms with van der Waals surface area (Å²) in [6.07, 6.45) is 9.40. The predicted molar refractivity (Wildman–Crippen MR) is 59.1 cm³/mol. The Labute approximate surface area is 90.0 Å². The van der Waals surface area contributed by atoms with Crippen molar-refractivity contribution in [2.75, 3.05) is 6.54 Å². The van der Waals surface area contributed by atoms with E-state index in [9.17, 15) is 0 Å². The smallest absolute Gasteiger partial charge is 0.0490 e. The molecular weight excluding hydrogens is 186 g/mol. The maximum atomic E-state index is 3.93. The quantitative estimate of drug-likeness (QED) is 0.731. The van der Waals surface area contributed by atoms with Crippen molar-refractivity contribution < 1.29 is 0 Å². The molecule has 2 bridgehead atoms. The van der Waals surface area contributed by atoms with Crippen molar-refractivity contribution in [3.63, 3.8) is 0 Å². The van der Waals surface area contributed by atoms with Crippen molar-refractivity contribution in [1.82, 2.24) is 15.5 Å². The molecule has 3 unspecified atom stereocenters. The van der Waals surface area contributed by atoms with Gasteiger partial charge in [-0.1, -0.05) is 12.2 Å². The number of fused-ring (bicyclic) bond motifs is 2. The van der Waals surface area contributed by atoms with Gasteiger partial charge in [0.25, 0.3) is 0 Å². The Morgan fingerprint density at radius 3 is 3.07 bits per heavy atom. The number of allylic oxidation sites excluding steroid dienone is 2. The van der Waals surface area contributed by atoms with Crippen LogP contribution in [-0.2, 0) is 6.54 Å². The molecule has 15 heavy (non-hydrogen) atoms. The van der Waals surface area contributed by atoms with Crippen LogP contribution in [0.3, 0.4) is 0 Å². The van der Waals surface area contributed by atoms with Gasteiger partial charge in [-0.05, 0) is 43.2 Å². The summed E-state index contributed by atoms with van der Waals surface area (Å²) >= 11 is 0. The second kappa shape index (κ2) is 3.81. The zero-order valence-electron chi connectivity index (χ0n) is 8.82. The van der Waals surface area contributed by atoms with Crippen molar-refractivity contribution in [3.8, 4) is 0 Å². The molecule has 3 nitrogen and oxygen atoms in total. The van der Waals surface area contributed by atoms with Crippen LogP contribution in [0.2, 0.25) is 0 Å². The molecule has 1 fully saturated rings. The van der Waals surface area contributed by atoms with Gasteiger partial charge < -0.3 is 5.32 Å². The van der Waals surface area contributed by atoms with E-state index >= 15 is 0 Å². The summed E-state index contributed by atoms with van der Waals surface area (Å²) in [4.78, 5) is 0. The highest BCUT2D eigenvalue weighted by atomic mass is 15.1. The van der Waals surface area contributed by atoms with Gasteiger partial charge in [0.2, 0.25) is 0 Å². The SMILES string of the molecule is C1=CC2CC1CC2CNCc1ccn[nH]1. The van der Waals surface area contributed by atoms with Crippen LogP contribution in [0.15, 0.2) is 24.4 Å². The van der Waals surface area contributed by atoms with Crippen molar-refractivity contribution in [1.29, 1.82) is 0 Å². The molecule has 2 aliphatic rings. The zero-order valence-corrected chi connectivity index (χ0v) is 8.82. The number of hydrogen-bond acceptors (Lipinski definition) is 2. The first-order valence-electron chi connectivity index (χ1n) is 5.79. The van der Waals surface area contributed by atoms with Crippen LogP contribution < -0.4 is 5.32 Å². The molecule has 3 rings (SSSR count). The van der Waals surface area contributed by atoms with Gasteiger partial charge in [-0.3, -0.25) is 5.10 Å². The summed E-state index contributed by atoms with van der Waals surface area (Å²) in [5.41, 5.74) is 1.17. The van der Waals surface area contributed by atoms with E-state index in [0.717, 1.165) is 30.8 Å². The number of nitrogens with zero attached hydrogens (tertiary/aromatic N) is 1. The molecule has 0 saturated heterocycles. The Balaban J connectivity index is 1.45. The fraction of sp³-hybridized carbons (Fsp3) is 0.583. The maximum Gasteiger partial charge on any atom is 0.0490 e. The predicted octanol–water partition coefficient (Wildman–Crippen LogP) is 1.71. The third-order valence-electron chi connectivity index (χ3n) is 3.70. The van der Waals surface area contributed by atoms with Gasteiger partial charge in [-0.25, -0.2) is 0 Å². The third-order valence-corrected chi connectivity index (χ3v) is 3.70. The minimum atomic E-state index is 0.851. The molecule has 1 aromatic rings. The number of aromatic nitrogens is 2. The molecule has 80 valence electrons. The van der Waals surface area contributed by atoms with Gasteiger partial charge in [-0.2, -0.15) is 5.10 Å². The van der Waals surface area contributed by atoms with Gasteiger partial charge in [0.05, 0.1) is 0 Å². The minimum absolute atomic E-state index is 0.851. The Kier molecular flexibility index (Phi) is 2.33. The third kappa shape index (κ3) is 1.84. The highest BCUT2D eigenvalue weighted by molar-refractivity contribution is 5.10. The monoisotopic (exact) mass is 203 g/mol. The summed E-state index contributed by atoms with van der Waals surface area (Å²) in [6.45, 7) is 2.06. The van der Waals surface area contributed by atoms with Crippen molar-refractivity contribution >= 4 is 0 Å². The van der Waals surface area contributed by atoms with Gasteiger partial charge in [0.1, 0.15) is 0 Å². The van der Waals surface area contributed by atoms with Crippen molar-refractivity contribution in [2.45, 2.75) is 19.4 Å². The van der Waals surface area contributed by atoms with Gasteiger partial charge in [0, 0.05) is 18.4 Å². The average molecular weight is 203 g/mol. The topological polar surface area (TPSA) is 40.7 Å². The van der Waals surface area contributed by atoms with Crippen LogP contribution in [-0.4, -0.2) is 16.7 Å². The highest BCUT2D eigenvalue weighted by Crippen LogP contribution is 2.42. The number of rotatable bonds is 4. The van der Waals surface area contributed by atoms with Gasteiger partial charge in [-0.15, -0.1) is 0 Å². The second-order valence-electron chi connectivity index (χ2n) is 4.75. The van der Waals surface area contributed by atoms with E-state index in [0.29, 0.717) is 0 Å². The molecular formula is C12H17N3. The summed E-state index contributed by atoms with van der Waals surface area (Å²) in [7, 11) is 0. The van der Waals surface area contributed by atoms with Crippen LogP contribution >= 0.6 is 0 Å². The summed E-state index contributed by atoms with van der Waals surface area (Å²) in [6, 6.07) is 2.02. The van der Waals surface area contributed by atoms with E-state index in [4.69, 9.17) is 0 Å². The van der Waals surface area contributed by atoms with E-state index < -0.39 is 0 Å². The fourth-order valence-electron chi connectivity index (χ4n) is 2.90. The molecule has 2 N–H and O–H groups in total. The van der Waals surface area contributed by atoms with Crippen LogP contribution in [0.5, 0.6) is 0 Å². The molecule has 3 atom stereocenters. The van der Waals surface area contributed by atoms with E-state index in [1.54, 1.807) is 6.20 Å². The molecule has 0 amide bonds. The van der Waals surface area contributed by atoms with Crippen LogP contribution in [0.25, 0.3) is 0 Å².